The van der Waals surface area contributed by atoms with Crippen LogP contribution in [0.15, 0.2) is 180 Å². The zero-order valence-electron chi connectivity index (χ0n) is 27.5. The molecule has 3 aromatic heterocycles. The lowest BCUT2D eigenvalue weighted by molar-refractivity contribution is 0.672. The molecule has 7 aromatic carbocycles. The maximum atomic E-state index is 6.56. The lowest BCUT2D eigenvalue weighted by Crippen LogP contribution is -1.96. The fourth-order valence-corrected chi connectivity index (χ4v) is 7.15. The van der Waals surface area contributed by atoms with E-state index in [4.69, 9.17) is 19.4 Å². The highest BCUT2D eigenvalue weighted by Crippen LogP contribution is 2.41. The lowest BCUT2D eigenvalue weighted by atomic mass is 9.97. The number of rotatable bonds is 5. The second-order valence-corrected chi connectivity index (χ2v) is 12.8. The van der Waals surface area contributed by atoms with Gasteiger partial charge in [0.15, 0.2) is 5.82 Å². The van der Waals surface area contributed by atoms with Crippen LogP contribution in [0, 0.1) is 0 Å². The Bertz CT molecular complexity index is 2880. The number of pyridine rings is 1. The van der Waals surface area contributed by atoms with Gasteiger partial charge in [-0.2, -0.15) is 0 Å². The average molecular weight is 652 g/mol. The maximum absolute atomic E-state index is 6.56. The van der Waals surface area contributed by atoms with Crippen LogP contribution in [0.5, 0.6) is 0 Å². The van der Waals surface area contributed by atoms with E-state index in [0.29, 0.717) is 5.82 Å². The van der Waals surface area contributed by atoms with Crippen LogP contribution >= 0.6 is 0 Å². The Labute approximate surface area is 294 Å². The molecular formula is C47H29N3O. The summed E-state index contributed by atoms with van der Waals surface area (Å²) in [6.07, 6.45) is 0. The Balaban J connectivity index is 1.11. The third-order valence-electron chi connectivity index (χ3n) is 9.71. The topological polar surface area (TPSA) is 51.8 Å². The summed E-state index contributed by atoms with van der Waals surface area (Å²) in [5.74, 6) is 0.689. The Morgan fingerprint density at radius 3 is 1.59 bits per heavy atom. The van der Waals surface area contributed by atoms with Crippen molar-refractivity contribution in [3.05, 3.63) is 176 Å². The van der Waals surface area contributed by atoms with Crippen molar-refractivity contribution in [1.29, 1.82) is 0 Å². The van der Waals surface area contributed by atoms with Gasteiger partial charge in [-0.25, -0.2) is 15.0 Å². The number of benzene rings is 7. The molecular weight excluding hydrogens is 623 g/mol. The number of hydrogen-bond donors (Lipinski definition) is 0. The van der Waals surface area contributed by atoms with Crippen LogP contribution in [-0.4, -0.2) is 15.0 Å². The summed E-state index contributed by atoms with van der Waals surface area (Å²) < 4.78 is 6.56. The minimum Gasteiger partial charge on any atom is -0.455 e. The molecule has 0 amide bonds. The summed E-state index contributed by atoms with van der Waals surface area (Å²) >= 11 is 0. The molecule has 10 aromatic rings. The second kappa shape index (κ2) is 11.9. The molecule has 51 heavy (non-hydrogen) atoms. The first-order valence-electron chi connectivity index (χ1n) is 17.1. The molecule has 0 spiro atoms. The van der Waals surface area contributed by atoms with E-state index in [-0.39, 0.29) is 0 Å². The minimum atomic E-state index is 0.689. The maximum Gasteiger partial charge on any atom is 0.160 e. The van der Waals surface area contributed by atoms with E-state index in [1.165, 1.54) is 11.1 Å². The Kier molecular flexibility index (Phi) is 6.78. The number of para-hydroxylation sites is 2. The summed E-state index contributed by atoms with van der Waals surface area (Å²) in [6.45, 7) is 0. The Morgan fingerprint density at radius 1 is 0.353 bits per heavy atom. The van der Waals surface area contributed by atoms with Gasteiger partial charge in [0.2, 0.25) is 0 Å². The van der Waals surface area contributed by atoms with E-state index in [0.717, 1.165) is 82.9 Å². The van der Waals surface area contributed by atoms with Gasteiger partial charge < -0.3 is 4.42 Å². The summed E-state index contributed by atoms with van der Waals surface area (Å²) in [7, 11) is 0. The average Bonchev–Trinajstić information content (AvgIpc) is 3.60. The quantitative estimate of drug-likeness (QED) is 0.174. The van der Waals surface area contributed by atoms with Crippen molar-refractivity contribution in [3.63, 3.8) is 0 Å². The summed E-state index contributed by atoms with van der Waals surface area (Å²) in [5, 5.41) is 5.44. The molecule has 10 rings (SSSR count). The predicted molar refractivity (Wildman–Crippen MR) is 209 cm³/mol. The molecule has 238 valence electrons. The zero-order valence-corrected chi connectivity index (χ0v) is 27.5. The molecule has 0 saturated carbocycles. The van der Waals surface area contributed by atoms with Crippen molar-refractivity contribution in [2.75, 3.05) is 0 Å². The van der Waals surface area contributed by atoms with Crippen LogP contribution in [0.2, 0.25) is 0 Å². The molecule has 4 nitrogen and oxygen atoms in total. The van der Waals surface area contributed by atoms with Crippen molar-refractivity contribution in [2.24, 2.45) is 0 Å². The molecule has 0 bridgehead atoms. The highest BCUT2D eigenvalue weighted by molar-refractivity contribution is 6.23. The number of fused-ring (bicyclic) bond motifs is 7. The molecule has 0 fully saturated rings. The van der Waals surface area contributed by atoms with Gasteiger partial charge in [0, 0.05) is 38.4 Å². The first-order valence-corrected chi connectivity index (χ1v) is 17.1. The lowest BCUT2D eigenvalue weighted by Gasteiger charge is -2.12. The summed E-state index contributed by atoms with van der Waals surface area (Å²) in [4.78, 5) is 15.4. The van der Waals surface area contributed by atoms with Gasteiger partial charge in [0.05, 0.1) is 28.0 Å². The van der Waals surface area contributed by atoms with E-state index in [9.17, 15) is 0 Å². The Hall–Kier alpha value is -6.91. The molecule has 0 radical (unpaired) electrons. The zero-order chi connectivity index (χ0) is 33.7. The highest BCUT2D eigenvalue weighted by Gasteiger charge is 2.18. The first kappa shape index (κ1) is 29.0. The van der Waals surface area contributed by atoms with E-state index in [2.05, 4.69) is 133 Å². The van der Waals surface area contributed by atoms with Crippen LogP contribution in [0.25, 0.3) is 99.9 Å². The molecule has 0 saturated heterocycles. The highest BCUT2D eigenvalue weighted by atomic mass is 16.3. The van der Waals surface area contributed by atoms with Crippen molar-refractivity contribution < 1.29 is 4.42 Å². The van der Waals surface area contributed by atoms with E-state index >= 15 is 0 Å². The van der Waals surface area contributed by atoms with E-state index in [1.54, 1.807) is 0 Å². The third-order valence-corrected chi connectivity index (χ3v) is 9.71. The minimum absolute atomic E-state index is 0.689. The number of aromatic nitrogens is 3. The van der Waals surface area contributed by atoms with Gasteiger partial charge in [-0.15, -0.1) is 0 Å². The monoisotopic (exact) mass is 651 g/mol. The predicted octanol–water partition coefficient (Wildman–Crippen LogP) is 12.4. The second-order valence-electron chi connectivity index (χ2n) is 12.8. The number of nitrogens with zero attached hydrogens (tertiary/aromatic N) is 3. The summed E-state index contributed by atoms with van der Waals surface area (Å²) in [5.41, 5.74) is 11.7. The van der Waals surface area contributed by atoms with Gasteiger partial charge in [-0.1, -0.05) is 152 Å². The van der Waals surface area contributed by atoms with Crippen LogP contribution in [-0.2, 0) is 0 Å². The Morgan fingerprint density at radius 2 is 0.882 bits per heavy atom. The van der Waals surface area contributed by atoms with Crippen molar-refractivity contribution in [1.82, 2.24) is 15.0 Å². The van der Waals surface area contributed by atoms with Gasteiger partial charge >= 0.3 is 0 Å². The normalized spacial score (nSPS) is 11.5. The number of hydrogen-bond acceptors (Lipinski definition) is 4. The van der Waals surface area contributed by atoms with Gasteiger partial charge in [-0.3, -0.25) is 0 Å². The number of furan rings is 1. The molecule has 0 aliphatic carbocycles. The molecule has 0 atom stereocenters. The SMILES string of the molecule is c1ccc(-c2ccc(-c3cc(-c4ccc(-c5nc6ccccc6c6ccc7c8ccccc8oc7c56)cc4)nc(-c4ccccc4)n3)cc2)cc1. The van der Waals surface area contributed by atoms with Crippen molar-refractivity contribution in [3.8, 4) is 56.3 Å². The smallest absolute Gasteiger partial charge is 0.160 e. The largest absolute Gasteiger partial charge is 0.455 e. The van der Waals surface area contributed by atoms with E-state index in [1.807, 2.05) is 42.5 Å². The molecule has 0 aliphatic heterocycles. The van der Waals surface area contributed by atoms with Crippen LogP contribution in [0.1, 0.15) is 0 Å². The van der Waals surface area contributed by atoms with Crippen LogP contribution in [0.4, 0.5) is 0 Å². The molecule has 3 heterocycles. The molecule has 4 heteroatoms. The van der Waals surface area contributed by atoms with E-state index < -0.39 is 0 Å². The van der Waals surface area contributed by atoms with Crippen LogP contribution < -0.4 is 0 Å². The molecule has 0 unspecified atom stereocenters. The van der Waals surface area contributed by atoms with Crippen molar-refractivity contribution >= 4 is 43.6 Å². The molecule has 0 aliphatic rings. The fourth-order valence-electron chi connectivity index (χ4n) is 7.15. The van der Waals surface area contributed by atoms with Gasteiger partial charge in [-0.05, 0) is 40.8 Å². The third kappa shape index (κ3) is 5.04. The van der Waals surface area contributed by atoms with Crippen LogP contribution in [0.3, 0.4) is 0 Å². The van der Waals surface area contributed by atoms with Gasteiger partial charge in [0.1, 0.15) is 11.2 Å². The first-order chi connectivity index (χ1) is 25.3. The molecule has 0 N–H and O–H groups in total. The summed E-state index contributed by atoms with van der Waals surface area (Å²) in [6, 6.07) is 60.8. The standard InChI is InChI=1S/C47H29N3O/c1-3-11-30(12-4-1)31-19-21-32(22-20-31)41-29-42(50-47(49-41)35-13-5-2-6-14-35)33-23-25-34(26-24-33)45-44-38(36-15-7-9-17-40(36)48-45)27-28-39-37-16-8-10-18-43(37)51-46(39)44/h1-29H. The van der Waals surface area contributed by atoms with Crippen molar-refractivity contribution in [2.45, 2.75) is 0 Å². The fraction of sp³-hybridized carbons (Fsp3) is 0. The van der Waals surface area contributed by atoms with Gasteiger partial charge in [0.25, 0.3) is 0 Å².